The van der Waals surface area contributed by atoms with E-state index >= 15 is 0 Å². The molecule has 1 aromatic carbocycles. The zero-order valence-corrected chi connectivity index (χ0v) is 15.6. The van der Waals surface area contributed by atoms with Gasteiger partial charge in [-0.2, -0.15) is 0 Å². The van der Waals surface area contributed by atoms with Gasteiger partial charge in [-0.25, -0.2) is 0 Å². The van der Waals surface area contributed by atoms with Crippen LogP contribution in [0.15, 0.2) is 41.0 Å². The van der Waals surface area contributed by atoms with Crippen molar-refractivity contribution in [2.75, 3.05) is 26.2 Å². The number of amides is 2. The summed E-state index contributed by atoms with van der Waals surface area (Å²) in [5.74, 6) is 0.619. The first-order valence-corrected chi connectivity index (χ1v) is 8.47. The summed E-state index contributed by atoms with van der Waals surface area (Å²) in [6, 6.07) is 9.68. The SMILES string of the molecule is Cc1ccc(CC(=O)N2CCN(C(=O)c3coc(CN)c3)CC2)cc1.Cl. The molecule has 2 N–H and O–H groups in total. The lowest BCUT2D eigenvalue weighted by Gasteiger charge is -2.34. The van der Waals surface area contributed by atoms with Crippen molar-refractivity contribution in [3.63, 3.8) is 0 Å². The highest BCUT2D eigenvalue weighted by atomic mass is 35.5. The molecule has 0 spiro atoms. The van der Waals surface area contributed by atoms with Crippen LogP contribution in [0, 0.1) is 6.92 Å². The number of carbonyl (C=O) groups is 2. The summed E-state index contributed by atoms with van der Waals surface area (Å²) < 4.78 is 5.22. The molecule has 2 aromatic rings. The molecular weight excluding hydrogens is 354 g/mol. The maximum absolute atomic E-state index is 12.5. The van der Waals surface area contributed by atoms with E-state index in [1.165, 1.54) is 11.8 Å². The molecule has 0 aliphatic carbocycles. The van der Waals surface area contributed by atoms with Crippen molar-refractivity contribution in [3.8, 4) is 0 Å². The molecule has 1 saturated heterocycles. The zero-order valence-electron chi connectivity index (χ0n) is 14.8. The topological polar surface area (TPSA) is 79.8 Å². The molecule has 7 heteroatoms. The van der Waals surface area contributed by atoms with Crippen LogP contribution in [0.1, 0.15) is 27.2 Å². The summed E-state index contributed by atoms with van der Waals surface area (Å²) in [6.07, 6.45) is 1.84. The summed E-state index contributed by atoms with van der Waals surface area (Å²) in [6.45, 7) is 4.46. The van der Waals surface area contributed by atoms with E-state index in [1.807, 2.05) is 36.1 Å². The van der Waals surface area contributed by atoms with E-state index in [0.29, 0.717) is 43.9 Å². The Bertz CT molecular complexity index is 750. The fourth-order valence-corrected chi connectivity index (χ4v) is 2.93. The van der Waals surface area contributed by atoms with Gasteiger partial charge in [0, 0.05) is 26.2 Å². The number of benzene rings is 1. The van der Waals surface area contributed by atoms with Gasteiger partial charge < -0.3 is 20.0 Å². The summed E-state index contributed by atoms with van der Waals surface area (Å²) in [4.78, 5) is 28.5. The van der Waals surface area contributed by atoms with Gasteiger partial charge in [0.1, 0.15) is 12.0 Å². The van der Waals surface area contributed by atoms with Gasteiger partial charge in [0.15, 0.2) is 0 Å². The molecule has 26 heavy (non-hydrogen) atoms. The monoisotopic (exact) mass is 377 g/mol. The molecule has 3 rings (SSSR count). The van der Waals surface area contributed by atoms with Crippen LogP contribution in [0.25, 0.3) is 0 Å². The van der Waals surface area contributed by atoms with E-state index < -0.39 is 0 Å². The number of hydrogen-bond donors (Lipinski definition) is 1. The molecule has 0 saturated carbocycles. The van der Waals surface area contributed by atoms with E-state index in [9.17, 15) is 9.59 Å². The average molecular weight is 378 g/mol. The van der Waals surface area contributed by atoms with Crippen LogP contribution in [0.2, 0.25) is 0 Å². The van der Waals surface area contributed by atoms with Crippen LogP contribution >= 0.6 is 12.4 Å². The van der Waals surface area contributed by atoms with Crippen molar-refractivity contribution in [1.82, 2.24) is 9.80 Å². The van der Waals surface area contributed by atoms with E-state index in [-0.39, 0.29) is 30.8 Å². The molecule has 6 nitrogen and oxygen atoms in total. The van der Waals surface area contributed by atoms with Crippen LogP contribution in [0.5, 0.6) is 0 Å². The Balaban J connectivity index is 0.00000243. The summed E-state index contributed by atoms with van der Waals surface area (Å²) in [5, 5.41) is 0. The predicted octanol–water partition coefficient (Wildman–Crippen LogP) is 2.00. The summed E-state index contributed by atoms with van der Waals surface area (Å²) in [5.41, 5.74) is 8.21. The highest BCUT2D eigenvalue weighted by molar-refractivity contribution is 5.94. The van der Waals surface area contributed by atoms with E-state index in [2.05, 4.69) is 0 Å². The van der Waals surface area contributed by atoms with E-state index in [1.54, 1.807) is 11.0 Å². The van der Waals surface area contributed by atoms with Gasteiger partial charge in [-0.3, -0.25) is 9.59 Å². The Morgan fingerprint density at radius 3 is 2.27 bits per heavy atom. The Kier molecular flexibility index (Phi) is 6.83. The molecule has 2 heterocycles. The third-order valence-electron chi connectivity index (χ3n) is 4.50. The maximum atomic E-state index is 12.5. The number of carbonyl (C=O) groups excluding carboxylic acids is 2. The molecule has 0 radical (unpaired) electrons. The highest BCUT2D eigenvalue weighted by Gasteiger charge is 2.25. The highest BCUT2D eigenvalue weighted by Crippen LogP contribution is 2.13. The molecular formula is C19H24ClN3O3. The van der Waals surface area contributed by atoms with Gasteiger partial charge in [0.25, 0.3) is 5.91 Å². The summed E-state index contributed by atoms with van der Waals surface area (Å²) in [7, 11) is 0. The first kappa shape index (κ1) is 20.0. The number of piperazine rings is 1. The number of nitrogens with zero attached hydrogens (tertiary/aromatic N) is 2. The van der Waals surface area contributed by atoms with Crippen molar-refractivity contribution < 1.29 is 14.0 Å². The Morgan fingerprint density at radius 1 is 1.08 bits per heavy atom. The first-order valence-electron chi connectivity index (χ1n) is 8.47. The molecule has 1 fully saturated rings. The molecule has 0 atom stereocenters. The van der Waals surface area contributed by atoms with Gasteiger partial charge in [-0.1, -0.05) is 29.8 Å². The van der Waals surface area contributed by atoms with Gasteiger partial charge in [-0.05, 0) is 18.6 Å². The minimum atomic E-state index is -0.0749. The molecule has 140 valence electrons. The van der Waals surface area contributed by atoms with Crippen molar-refractivity contribution in [3.05, 3.63) is 59.0 Å². The van der Waals surface area contributed by atoms with Gasteiger partial charge >= 0.3 is 0 Å². The Labute approximate surface area is 159 Å². The Hall–Kier alpha value is -2.31. The van der Waals surface area contributed by atoms with Crippen molar-refractivity contribution in [2.24, 2.45) is 5.73 Å². The second-order valence-electron chi connectivity index (χ2n) is 6.34. The number of hydrogen-bond acceptors (Lipinski definition) is 4. The standard InChI is InChI=1S/C19H23N3O3.ClH/c1-14-2-4-15(5-3-14)10-18(23)21-6-8-22(9-7-21)19(24)16-11-17(12-20)25-13-16;/h2-5,11,13H,6-10,12,20H2,1H3;1H. The average Bonchev–Trinajstić information content (AvgIpc) is 3.12. The molecule has 2 amide bonds. The van der Waals surface area contributed by atoms with Crippen LogP contribution in [0.3, 0.4) is 0 Å². The smallest absolute Gasteiger partial charge is 0.257 e. The van der Waals surface area contributed by atoms with E-state index in [4.69, 9.17) is 10.2 Å². The third-order valence-corrected chi connectivity index (χ3v) is 4.50. The maximum Gasteiger partial charge on any atom is 0.257 e. The minimum Gasteiger partial charge on any atom is -0.467 e. The van der Waals surface area contributed by atoms with Gasteiger partial charge in [0.2, 0.25) is 5.91 Å². The summed E-state index contributed by atoms with van der Waals surface area (Å²) >= 11 is 0. The second-order valence-corrected chi connectivity index (χ2v) is 6.34. The van der Waals surface area contributed by atoms with Crippen molar-refractivity contribution in [1.29, 1.82) is 0 Å². The minimum absolute atomic E-state index is 0. The fraction of sp³-hybridized carbons (Fsp3) is 0.368. The van der Waals surface area contributed by atoms with Crippen LogP contribution in [-0.2, 0) is 17.8 Å². The van der Waals surface area contributed by atoms with Gasteiger partial charge in [-0.15, -0.1) is 12.4 Å². The largest absolute Gasteiger partial charge is 0.467 e. The van der Waals surface area contributed by atoms with Crippen LogP contribution < -0.4 is 5.73 Å². The lowest BCUT2D eigenvalue weighted by molar-refractivity contribution is -0.131. The third kappa shape index (κ3) is 4.65. The molecule has 0 unspecified atom stereocenters. The molecule has 0 bridgehead atoms. The van der Waals surface area contributed by atoms with Crippen molar-refractivity contribution in [2.45, 2.75) is 19.9 Å². The molecule has 1 aliphatic rings. The normalized spacial score (nSPS) is 14.1. The second kappa shape index (κ2) is 8.87. The van der Waals surface area contributed by atoms with Crippen molar-refractivity contribution >= 4 is 24.2 Å². The molecule has 1 aliphatic heterocycles. The zero-order chi connectivity index (χ0) is 17.8. The first-order chi connectivity index (χ1) is 12.1. The Morgan fingerprint density at radius 2 is 1.69 bits per heavy atom. The number of nitrogens with two attached hydrogens (primary N) is 1. The quantitative estimate of drug-likeness (QED) is 0.883. The lowest BCUT2D eigenvalue weighted by atomic mass is 10.1. The van der Waals surface area contributed by atoms with Crippen LogP contribution in [-0.4, -0.2) is 47.8 Å². The molecule has 1 aromatic heterocycles. The van der Waals surface area contributed by atoms with Crippen LogP contribution in [0.4, 0.5) is 0 Å². The number of furan rings is 1. The number of aryl methyl sites for hydroxylation is 1. The van der Waals surface area contributed by atoms with Gasteiger partial charge in [0.05, 0.1) is 18.5 Å². The fourth-order valence-electron chi connectivity index (χ4n) is 2.93. The number of rotatable bonds is 4. The van der Waals surface area contributed by atoms with E-state index in [0.717, 1.165) is 5.56 Å². The lowest BCUT2D eigenvalue weighted by Crippen LogP contribution is -2.50. The number of halogens is 1. The predicted molar refractivity (Wildman–Crippen MR) is 101 cm³/mol.